The standard InChI is InChI=1S/C20H14N2O.C12H4N4/c23-19-13-12-15-7-2-4-10-17(15)20(19)22-21-18-11-5-8-14-6-1-3-9-16(14)18;13-5-11(6-14)9-1-2-10(4-3-9)12(7-15)8-16/h1-13,23H;1-4H. The first-order valence-corrected chi connectivity index (χ1v) is 11.6. The molecule has 0 aliphatic rings. The quantitative estimate of drug-likeness (QED) is 0.286. The molecule has 0 amide bonds. The van der Waals surface area contributed by atoms with Crippen LogP contribution >= 0.6 is 0 Å². The molecule has 0 aliphatic carbocycles. The molecule has 0 heterocycles. The third-order valence-corrected chi connectivity index (χ3v) is 5.81. The fourth-order valence-electron chi connectivity index (χ4n) is 3.86. The van der Waals surface area contributed by atoms with Gasteiger partial charge in [-0.05, 0) is 22.9 Å². The Kier molecular flexibility index (Phi) is 8.01. The maximum Gasteiger partial charge on any atom is 0.143 e. The monoisotopic (exact) mass is 502 g/mol. The van der Waals surface area contributed by atoms with Gasteiger partial charge in [0.05, 0.1) is 5.69 Å². The van der Waals surface area contributed by atoms with Gasteiger partial charge in [-0.15, -0.1) is 10.2 Å². The highest BCUT2D eigenvalue weighted by atomic mass is 16.3. The summed E-state index contributed by atoms with van der Waals surface area (Å²) in [6, 6.07) is 38.5. The third-order valence-electron chi connectivity index (χ3n) is 5.81. The van der Waals surface area contributed by atoms with Crippen molar-refractivity contribution in [1.82, 2.24) is 0 Å². The van der Waals surface area contributed by atoms with Crippen molar-refractivity contribution in [3.05, 3.63) is 114 Å². The lowest BCUT2D eigenvalue weighted by Gasteiger charge is -2.04. The van der Waals surface area contributed by atoms with Crippen LogP contribution in [0, 0.1) is 45.3 Å². The number of hydrogen-bond acceptors (Lipinski definition) is 7. The zero-order chi connectivity index (χ0) is 27.6. The third kappa shape index (κ3) is 5.76. The van der Waals surface area contributed by atoms with Crippen LogP contribution in [-0.2, 0) is 0 Å². The number of nitrogens with zero attached hydrogens (tertiary/aromatic N) is 6. The minimum absolute atomic E-state index is 0.00187. The average Bonchev–Trinajstić information content (AvgIpc) is 2.99. The smallest absolute Gasteiger partial charge is 0.143 e. The number of nitriles is 4. The molecular formula is C32H18N6O. The molecule has 1 N–H and O–H groups in total. The van der Waals surface area contributed by atoms with Crippen molar-refractivity contribution in [2.24, 2.45) is 10.2 Å². The van der Waals surface area contributed by atoms with Crippen LogP contribution in [0.5, 0.6) is 5.75 Å². The number of hydrogen-bond donors (Lipinski definition) is 1. The van der Waals surface area contributed by atoms with Gasteiger partial charge in [0, 0.05) is 21.2 Å². The maximum absolute atomic E-state index is 10.1. The lowest BCUT2D eigenvalue weighted by molar-refractivity contribution is 0.477. The first-order chi connectivity index (χ1) is 19.1. The van der Waals surface area contributed by atoms with Crippen LogP contribution in [0.3, 0.4) is 0 Å². The maximum atomic E-state index is 10.1. The molecule has 5 aromatic rings. The minimum atomic E-state index is 0.00187. The van der Waals surface area contributed by atoms with Crippen LogP contribution < -0.4 is 10.4 Å². The second-order valence-electron chi connectivity index (χ2n) is 8.13. The Morgan fingerprint density at radius 2 is 1.00 bits per heavy atom. The Morgan fingerprint density at radius 3 is 1.56 bits per heavy atom. The van der Waals surface area contributed by atoms with Crippen LogP contribution in [0.25, 0.3) is 32.7 Å². The van der Waals surface area contributed by atoms with Gasteiger partial charge in [0.2, 0.25) is 0 Å². The Balaban J connectivity index is 0.000000195. The Bertz CT molecular complexity index is 1910. The molecule has 0 spiro atoms. The topological polar surface area (TPSA) is 140 Å². The van der Waals surface area contributed by atoms with Crippen LogP contribution in [0.1, 0.15) is 0 Å². The number of phenols is 1. The fourth-order valence-corrected chi connectivity index (χ4v) is 3.86. The van der Waals surface area contributed by atoms with Crippen molar-refractivity contribution in [2.75, 3.05) is 0 Å². The number of azo groups is 1. The van der Waals surface area contributed by atoms with E-state index in [1.54, 1.807) is 30.3 Å². The van der Waals surface area contributed by atoms with Gasteiger partial charge in [-0.2, -0.15) is 21.0 Å². The van der Waals surface area contributed by atoms with Crippen LogP contribution in [0.4, 0.5) is 11.4 Å². The van der Waals surface area contributed by atoms with E-state index in [4.69, 9.17) is 21.0 Å². The molecular weight excluding hydrogens is 484 g/mol. The lowest BCUT2D eigenvalue weighted by atomic mass is 10.1. The molecule has 0 saturated heterocycles. The molecule has 39 heavy (non-hydrogen) atoms. The van der Waals surface area contributed by atoms with Gasteiger partial charge in [0.1, 0.15) is 46.9 Å². The summed E-state index contributed by atoms with van der Waals surface area (Å²) in [5.41, 5.74) is 1.29. The summed E-state index contributed by atoms with van der Waals surface area (Å²) in [7, 11) is 0. The highest BCUT2D eigenvalue weighted by Crippen LogP contribution is 2.36. The van der Waals surface area contributed by atoms with E-state index < -0.39 is 0 Å². The highest BCUT2D eigenvalue weighted by molar-refractivity contribution is 5.96. The minimum Gasteiger partial charge on any atom is -0.506 e. The zero-order valence-electron chi connectivity index (χ0n) is 20.4. The Hall–Kier alpha value is -6.28. The van der Waals surface area contributed by atoms with Crippen LogP contribution in [-0.4, -0.2) is 5.11 Å². The molecule has 0 bridgehead atoms. The summed E-state index contributed by atoms with van der Waals surface area (Å²) >= 11 is 0. The van der Waals surface area contributed by atoms with Gasteiger partial charge >= 0.3 is 0 Å². The molecule has 5 aromatic carbocycles. The molecule has 0 radical (unpaired) electrons. The number of rotatable bonds is 2. The molecule has 0 aliphatic heterocycles. The second-order valence-corrected chi connectivity index (χ2v) is 8.13. The van der Waals surface area contributed by atoms with Gasteiger partial charge in [-0.1, -0.05) is 91.0 Å². The number of benzene rings is 5. The summed E-state index contributed by atoms with van der Waals surface area (Å²) in [5, 5.41) is 58.4. The molecule has 5 rings (SSSR count). The molecule has 0 saturated carbocycles. The van der Waals surface area contributed by atoms with Gasteiger partial charge in [-0.3, -0.25) is 0 Å². The van der Waals surface area contributed by atoms with Gasteiger partial charge in [0.25, 0.3) is 0 Å². The van der Waals surface area contributed by atoms with E-state index in [0.717, 1.165) is 27.2 Å². The molecule has 0 aromatic heterocycles. The number of phenolic OH excluding ortho intramolecular Hbond substituents is 1. The average molecular weight is 503 g/mol. The SMILES string of the molecule is N#CC(C#N)=c1ccc(=C(C#N)C#N)cc1.Oc1ccc2ccccc2c1N=Nc1cccc2ccccc12. The molecule has 7 nitrogen and oxygen atoms in total. The first-order valence-electron chi connectivity index (χ1n) is 11.6. The zero-order valence-corrected chi connectivity index (χ0v) is 20.4. The van der Waals surface area contributed by atoms with Crippen molar-refractivity contribution >= 4 is 44.1 Å². The molecule has 7 heteroatoms. The largest absolute Gasteiger partial charge is 0.506 e. The summed E-state index contributed by atoms with van der Waals surface area (Å²) in [6.07, 6.45) is 0. The predicted molar refractivity (Wildman–Crippen MR) is 149 cm³/mol. The summed E-state index contributed by atoms with van der Waals surface area (Å²) in [4.78, 5) is 0. The van der Waals surface area contributed by atoms with Gasteiger partial charge < -0.3 is 5.11 Å². The second kappa shape index (κ2) is 12.1. The lowest BCUT2D eigenvalue weighted by Crippen LogP contribution is -2.11. The van der Waals surface area contributed by atoms with Crippen LogP contribution in [0.2, 0.25) is 0 Å². The Labute approximate surface area is 224 Å². The summed E-state index contributed by atoms with van der Waals surface area (Å²) < 4.78 is 0. The fraction of sp³-hybridized carbons (Fsp3) is 0. The van der Waals surface area contributed by atoms with Gasteiger partial charge in [-0.25, -0.2) is 0 Å². The van der Waals surface area contributed by atoms with Crippen molar-refractivity contribution in [3.8, 4) is 30.0 Å². The van der Waals surface area contributed by atoms with E-state index in [0.29, 0.717) is 16.1 Å². The first kappa shape index (κ1) is 25.8. The molecule has 0 fully saturated rings. The van der Waals surface area contributed by atoms with Crippen molar-refractivity contribution < 1.29 is 5.11 Å². The van der Waals surface area contributed by atoms with Gasteiger partial charge in [0.15, 0.2) is 0 Å². The molecule has 0 unspecified atom stereocenters. The van der Waals surface area contributed by atoms with E-state index in [1.165, 1.54) is 24.3 Å². The Morgan fingerprint density at radius 1 is 0.513 bits per heavy atom. The normalized spacial score (nSPS) is 9.95. The number of aromatic hydroxyl groups is 1. The molecule has 182 valence electrons. The predicted octanol–water partition coefficient (Wildman–Crippen LogP) is 6.20. The van der Waals surface area contributed by atoms with E-state index in [1.807, 2.05) is 72.8 Å². The van der Waals surface area contributed by atoms with E-state index in [-0.39, 0.29) is 16.9 Å². The van der Waals surface area contributed by atoms with Crippen molar-refractivity contribution in [1.29, 1.82) is 21.0 Å². The summed E-state index contributed by atoms with van der Waals surface area (Å²) in [6.45, 7) is 0. The van der Waals surface area contributed by atoms with Crippen molar-refractivity contribution in [2.45, 2.75) is 0 Å². The molecule has 0 atom stereocenters. The van der Waals surface area contributed by atoms with Crippen LogP contribution in [0.15, 0.2) is 113 Å². The van der Waals surface area contributed by atoms with E-state index >= 15 is 0 Å². The highest BCUT2D eigenvalue weighted by Gasteiger charge is 2.06. The van der Waals surface area contributed by atoms with E-state index in [2.05, 4.69) is 10.2 Å². The number of fused-ring (bicyclic) bond motifs is 2. The summed E-state index contributed by atoms with van der Waals surface area (Å²) in [5.74, 6) is 0.132. The van der Waals surface area contributed by atoms with E-state index in [9.17, 15) is 5.11 Å². The van der Waals surface area contributed by atoms with Crippen molar-refractivity contribution in [3.63, 3.8) is 0 Å².